The highest BCUT2D eigenvalue weighted by Gasteiger charge is 2.67. The Morgan fingerprint density at radius 1 is 1.15 bits per heavy atom. The van der Waals surface area contributed by atoms with Crippen LogP contribution in [0.2, 0.25) is 0 Å². The van der Waals surface area contributed by atoms with Crippen molar-refractivity contribution in [2.75, 3.05) is 17.2 Å². The molecule has 1 aliphatic carbocycles. The Morgan fingerprint density at radius 3 is 2.47 bits per heavy atom. The number of anilines is 2. The average Bonchev–Trinajstić information content (AvgIpc) is 3.73. The van der Waals surface area contributed by atoms with E-state index in [-0.39, 0.29) is 23.8 Å². The minimum Gasteiger partial charge on any atom is -0.383 e. The Labute approximate surface area is 270 Å². The van der Waals surface area contributed by atoms with Crippen LogP contribution in [0.25, 0.3) is 22.0 Å². The molecule has 1 aliphatic heterocycles. The lowest BCUT2D eigenvalue weighted by Crippen LogP contribution is -2.52. The Morgan fingerprint density at radius 2 is 1.87 bits per heavy atom. The van der Waals surface area contributed by atoms with Crippen molar-refractivity contribution in [2.45, 2.75) is 58.3 Å². The first-order valence-electron chi connectivity index (χ1n) is 14.8. The summed E-state index contributed by atoms with van der Waals surface area (Å²) in [5.41, 5.74) is 7.07. The number of alkyl halides is 3. The minimum atomic E-state index is -4.47. The van der Waals surface area contributed by atoms with Crippen molar-refractivity contribution in [1.29, 1.82) is 15.8 Å². The van der Waals surface area contributed by atoms with Crippen LogP contribution in [0.5, 0.6) is 0 Å². The number of hydrogen-bond acceptors (Lipinski definition) is 10. The molecule has 4 N–H and O–H groups in total. The topological polar surface area (TPSA) is 149 Å². The molecule has 3 heterocycles. The maximum absolute atomic E-state index is 14.1. The van der Waals surface area contributed by atoms with E-state index in [1.807, 2.05) is 20.8 Å². The number of aromatic nitrogens is 2. The number of nitrogens with one attached hydrogen (secondary N) is 4. The molecule has 0 unspecified atom stereocenters. The van der Waals surface area contributed by atoms with Crippen molar-refractivity contribution in [3.05, 3.63) is 83.6 Å². The van der Waals surface area contributed by atoms with Crippen LogP contribution in [0, 0.1) is 39.4 Å². The number of fused-ring (bicyclic) bond motifs is 1. The zero-order valence-corrected chi connectivity index (χ0v) is 26.3. The third kappa shape index (κ3) is 6.29. The van der Waals surface area contributed by atoms with Crippen LogP contribution in [0.4, 0.5) is 24.5 Å². The van der Waals surface area contributed by atoms with Gasteiger partial charge in [-0.2, -0.15) is 29.0 Å². The zero-order valence-electron chi connectivity index (χ0n) is 26.3. The Bertz CT molecular complexity index is 1930. The fourth-order valence-electron chi connectivity index (χ4n) is 5.39. The van der Waals surface area contributed by atoms with Crippen LogP contribution in [0.1, 0.15) is 62.9 Å². The highest BCUT2D eigenvalue weighted by molar-refractivity contribution is 5.99. The molecule has 47 heavy (non-hydrogen) atoms. The van der Waals surface area contributed by atoms with Gasteiger partial charge in [0.25, 0.3) is 0 Å². The first kappa shape index (κ1) is 32.8. The molecule has 0 radical (unpaired) electrons. The van der Waals surface area contributed by atoms with Crippen molar-refractivity contribution in [1.82, 2.24) is 25.9 Å². The molecule has 0 bridgehead atoms. The van der Waals surface area contributed by atoms with Gasteiger partial charge in [-0.15, -0.1) is 5.53 Å². The molecule has 1 fully saturated rings. The van der Waals surface area contributed by atoms with E-state index in [2.05, 4.69) is 56.3 Å². The lowest BCUT2D eigenvalue weighted by molar-refractivity contribution is -0.195. The third-order valence-electron chi connectivity index (χ3n) is 8.10. The van der Waals surface area contributed by atoms with Gasteiger partial charge >= 0.3 is 6.18 Å². The van der Waals surface area contributed by atoms with Crippen molar-refractivity contribution in [3.63, 3.8) is 0 Å². The van der Waals surface area contributed by atoms with E-state index in [1.165, 1.54) is 12.4 Å². The predicted molar refractivity (Wildman–Crippen MR) is 173 cm³/mol. The molecule has 1 aromatic carbocycles. The zero-order chi connectivity index (χ0) is 34.1. The molecule has 1 saturated carbocycles. The lowest BCUT2D eigenvalue weighted by Gasteiger charge is -2.28. The van der Waals surface area contributed by atoms with Crippen molar-refractivity contribution >= 4 is 33.4 Å². The molecule has 10 nitrogen and oxygen atoms in total. The molecule has 2 aromatic heterocycles. The average molecular weight is 639 g/mol. The monoisotopic (exact) mass is 638 g/mol. The first-order chi connectivity index (χ1) is 22.3. The smallest absolute Gasteiger partial charge is 0.383 e. The fraction of sp³-hybridized carbons (Fsp3) is 0.324. The third-order valence-corrected chi connectivity index (χ3v) is 8.10. The minimum absolute atomic E-state index is 0.0671. The second kappa shape index (κ2) is 12.3. The lowest BCUT2D eigenvalue weighted by atomic mass is 9.93. The number of benzene rings is 1. The number of nitrogens with zero attached hydrogens (tertiary/aromatic N) is 6. The van der Waals surface area contributed by atoms with Crippen molar-refractivity contribution in [2.24, 2.45) is 5.41 Å². The van der Waals surface area contributed by atoms with E-state index in [0.29, 0.717) is 62.5 Å². The van der Waals surface area contributed by atoms with E-state index in [1.54, 1.807) is 43.5 Å². The summed E-state index contributed by atoms with van der Waals surface area (Å²) in [4.78, 5) is 8.81. The normalized spacial score (nSPS) is 16.3. The Hall–Kier alpha value is -5.58. The van der Waals surface area contributed by atoms with E-state index < -0.39 is 17.8 Å². The van der Waals surface area contributed by atoms with Crippen LogP contribution >= 0.6 is 0 Å². The molecule has 1 atom stereocenters. The van der Waals surface area contributed by atoms with Crippen LogP contribution in [-0.2, 0) is 0 Å². The molecular weight excluding hydrogens is 605 g/mol. The van der Waals surface area contributed by atoms with Crippen LogP contribution in [0.15, 0.2) is 61.2 Å². The first-order valence-corrected chi connectivity index (χ1v) is 14.8. The molecule has 3 aromatic rings. The summed E-state index contributed by atoms with van der Waals surface area (Å²) in [6.07, 6.45) is 1.33. The van der Waals surface area contributed by atoms with Crippen molar-refractivity contribution < 1.29 is 13.2 Å². The number of nitriles is 3. The van der Waals surface area contributed by atoms with Gasteiger partial charge in [-0.05, 0) is 49.0 Å². The van der Waals surface area contributed by atoms with Gasteiger partial charge in [-0.3, -0.25) is 15.0 Å². The standard InChI is InChI=1S/C34H33F3N10/c1-6-21(14-38)29-25(8-7-11-41-29)20(2)28(27-18-47(46-45-27)33(9-10-33)34(35,36)37)44-24-12-22(15-39)30-26(13-24)31(23(16-40)17-42-30)43-19-32(3,4)5/h6-8,11-13,17-18,28,44-46H,2,9-10,19H2,1,3-5H3,(H,42,43)/b21-6-/t28-/m0/s1. The number of halogens is 3. The number of allylic oxidation sites excluding steroid dienone is 2. The van der Waals surface area contributed by atoms with Gasteiger partial charge < -0.3 is 16.1 Å². The molecule has 0 saturated heterocycles. The molecule has 0 spiro atoms. The summed E-state index contributed by atoms with van der Waals surface area (Å²) >= 11 is 0. The largest absolute Gasteiger partial charge is 0.413 e. The van der Waals surface area contributed by atoms with E-state index >= 15 is 0 Å². The Balaban J connectivity index is 1.65. The second-order valence-electron chi connectivity index (χ2n) is 12.6. The van der Waals surface area contributed by atoms with Crippen LogP contribution in [0.3, 0.4) is 0 Å². The summed E-state index contributed by atoms with van der Waals surface area (Å²) in [5, 5.41) is 38.0. The second-order valence-corrected chi connectivity index (χ2v) is 12.6. The van der Waals surface area contributed by atoms with Crippen LogP contribution in [-0.4, -0.2) is 39.3 Å². The summed E-state index contributed by atoms with van der Waals surface area (Å²) in [5.74, 6) is 0. The molecule has 5 rings (SSSR count). The maximum atomic E-state index is 14.1. The van der Waals surface area contributed by atoms with Gasteiger partial charge in [0.15, 0.2) is 5.54 Å². The van der Waals surface area contributed by atoms with E-state index in [0.717, 1.165) is 5.01 Å². The summed E-state index contributed by atoms with van der Waals surface area (Å²) in [7, 11) is 0. The molecule has 2 aliphatic rings. The van der Waals surface area contributed by atoms with Gasteiger partial charge in [0.2, 0.25) is 0 Å². The van der Waals surface area contributed by atoms with Crippen LogP contribution < -0.4 is 21.6 Å². The van der Waals surface area contributed by atoms with Crippen molar-refractivity contribution in [3.8, 4) is 18.2 Å². The van der Waals surface area contributed by atoms with Gasteiger partial charge in [0, 0.05) is 41.8 Å². The number of rotatable bonds is 9. The van der Waals surface area contributed by atoms with Gasteiger partial charge in [0.05, 0.1) is 45.3 Å². The molecule has 240 valence electrons. The number of pyridine rings is 2. The van der Waals surface area contributed by atoms with Gasteiger partial charge in [-0.1, -0.05) is 39.5 Å². The summed E-state index contributed by atoms with van der Waals surface area (Å²) in [6, 6.07) is 12.3. The summed E-state index contributed by atoms with van der Waals surface area (Å²) < 4.78 is 42.2. The fourth-order valence-corrected chi connectivity index (χ4v) is 5.39. The van der Waals surface area contributed by atoms with Gasteiger partial charge in [0.1, 0.15) is 18.2 Å². The Kier molecular flexibility index (Phi) is 8.59. The SMILES string of the molecule is C=C(c1cccnc1/C(C#N)=C\C)[C@H](Nc1cc(C#N)c2ncc(C#N)c(NCC(C)(C)C)c2c1)C1=CN(C2(C(F)(F)F)CC2)NN1. The maximum Gasteiger partial charge on any atom is 0.413 e. The molecule has 0 amide bonds. The highest BCUT2D eigenvalue weighted by atomic mass is 19.4. The highest BCUT2D eigenvalue weighted by Crippen LogP contribution is 2.53. The number of hydrogen-bond donors (Lipinski definition) is 4. The summed E-state index contributed by atoms with van der Waals surface area (Å²) in [6.45, 7) is 12.7. The van der Waals surface area contributed by atoms with E-state index in [9.17, 15) is 29.0 Å². The molecule has 13 heteroatoms. The number of hydrazine groups is 2. The van der Waals surface area contributed by atoms with Gasteiger partial charge in [-0.25, -0.2) is 0 Å². The van der Waals surface area contributed by atoms with E-state index in [4.69, 9.17) is 0 Å². The predicted octanol–water partition coefficient (Wildman–Crippen LogP) is 6.51. The molecular formula is C34H33F3N10. The quantitative estimate of drug-likeness (QED) is 0.191.